The number of hydrogen-bond donors (Lipinski definition) is 2. The predicted octanol–water partition coefficient (Wildman–Crippen LogP) is 2.98. The molecule has 0 spiro atoms. The van der Waals surface area contributed by atoms with E-state index in [4.69, 9.17) is 9.47 Å². The molecule has 2 amide bonds. The van der Waals surface area contributed by atoms with Crippen molar-refractivity contribution in [1.82, 2.24) is 10.3 Å². The zero-order valence-electron chi connectivity index (χ0n) is 12.8. The minimum Gasteiger partial charge on any atom is -0.497 e. The maximum atomic E-state index is 12.1. The molecule has 116 valence electrons. The lowest BCUT2D eigenvalue weighted by Crippen LogP contribution is -2.31. The van der Waals surface area contributed by atoms with Crippen molar-refractivity contribution in [3.63, 3.8) is 0 Å². The Morgan fingerprint density at radius 3 is 2.50 bits per heavy atom. The first-order chi connectivity index (χ1) is 10.6. The van der Waals surface area contributed by atoms with Crippen LogP contribution < -0.4 is 20.1 Å². The van der Waals surface area contributed by atoms with Gasteiger partial charge < -0.3 is 20.1 Å². The summed E-state index contributed by atoms with van der Waals surface area (Å²) in [7, 11) is 3.11. The molecule has 0 unspecified atom stereocenters. The fourth-order valence-corrected chi connectivity index (χ4v) is 2.00. The van der Waals surface area contributed by atoms with E-state index in [1.165, 1.54) is 0 Å². The van der Waals surface area contributed by atoms with Crippen LogP contribution in [0.1, 0.15) is 18.5 Å². The smallest absolute Gasteiger partial charge is 0.319 e. The number of ether oxygens (including phenoxy) is 2. The number of amides is 2. The number of benzene rings is 1. The van der Waals surface area contributed by atoms with Gasteiger partial charge in [0, 0.05) is 18.5 Å². The van der Waals surface area contributed by atoms with Crippen LogP contribution in [0.5, 0.6) is 11.5 Å². The van der Waals surface area contributed by atoms with Crippen molar-refractivity contribution < 1.29 is 14.3 Å². The molecule has 0 aliphatic rings. The van der Waals surface area contributed by atoms with Gasteiger partial charge in [-0.2, -0.15) is 0 Å². The second kappa shape index (κ2) is 7.31. The molecule has 2 rings (SSSR count). The lowest BCUT2D eigenvalue weighted by atomic mass is 10.1. The van der Waals surface area contributed by atoms with Gasteiger partial charge in [0.05, 0.1) is 25.9 Å². The Labute approximate surface area is 129 Å². The summed E-state index contributed by atoms with van der Waals surface area (Å²) < 4.78 is 10.4. The van der Waals surface area contributed by atoms with E-state index >= 15 is 0 Å². The largest absolute Gasteiger partial charge is 0.497 e. The second-order valence-electron chi connectivity index (χ2n) is 4.67. The maximum absolute atomic E-state index is 12.1. The number of methoxy groups -OCH3 is 2. The highest BCUT2D eigenvalue weighted by atomic mass is 16.5. The first-order valence-corrected chi connectivity index (χ1v) is 6.83. The summed E-state index contributed by atoms with van der Waals surface area (Å²) in [5.41, 5.74) is 1.52. The number of nitrogens with zero attached hydrogens (tertiary/aromatic N) is 1. The van der Waals surface area contributed by atoms with Crippen molar-refractivity contribution in [2.45, 2.75) is 13.0 Å². The van der Waals surface area contributed by atoms with Crippen molar-refractivity contribution >= 4 is 11.7 Å². The molecule has 0 saturated carbocycles. The lowest BCUT2D eigenvalue weighted by molar-refractivity contribution is 0.249. The SMILES string of the molecule is COc1ccc(OC)c(NC(=O)N[C@@H](C)c2ccncc2)c1. The van der Waals surface area contributed by atoms with Gasteiger partial charge in [0.15, 0.2) is 0 Å². The van der Waals surface area contributed by atoms with Crippen LogP contribution in [0.4, 0.5) is 10.5 Å². The molecule has 0 fully saturated rings. The number of pyridine rings is 1. The molecule has 0 aliphatic carbocycles. The van der Waals surface area contributed by atoms with Crippen molar-refractivity contribution in [3.8, 4) is 11.5 Å². The molecule has 6 heteroatoms. The Balaban J connectivity index is 2.05. The summed E-state index contributed by atoms with van der Waals surface area (Å²) in [6.07, 6.45) is 3.38. The van der Waals surface area contributed by atoms with Crippen LogP contribution in [0.15, 0.2) is 42.7 Å². The summed E-state index contributed by atoms with van der Waals surface area (Å²) in [4.78, 5) is 16.1. The topological polar surface area (TPSA) is 72.5 Å². The van der Waals surface area contributed by atoms with E-state index in [0.29, 0.717) is 17.2 Å². The lowest BCUT2D eigenvalue weighted by Gasteiger charge is -2.16. The van der Waals surface area contributed by atoms with E-state index in [1.807, 2.05) is 19.1 Å². The van der Waals surface area contributed by atoms with Crippen molar-refractivity contribution in [2.24, 2.45) is 0 Å². The van der Waals surface area contributed by atoms with Gasteiger partial charge >= 0.3 is 6.03 Å². The van der Waals surface area contributed by atoms with E-state index in [9.17, 15) is 4.79 Å². The average Bonchev–Trinajstić information content (AvgIpc) is 2.55. The number of nitrogens with one attached hydrogen (secondary N) is 2. The van der Waals surface area contributed by atoms with Crippen LogP contribution in [0.25, 0.3) is 0 Å². The molecule has 1 aromatic carbocycles. The number of rotatable bonds is 5. The maximum Gasteiger partial charge on any atom is 0.319 e. The third-order valence-corrected chi connectivity index (χ3v) is 3.21. The molecule has 0 saturated heterocycles. The summed E-state index contributed by atoms with van der Waals surface area (Å²) >= 11 is 0. The predicted molar refractivity (Wildman–Crippen MR) is 84.4 cm³/mol. The number of carbonyl (C=O) groups is 1. The van der Waals surface area contributed by atoms with Gasteiger partial charge in [0.2, 0.25) is 0 Å². The molecule has 1 aromatic heterocycles. The third kappa shape index (κ3) is 3.88. The summed E-state index contributed by atoms with van der Waals surface area (Å²) in [6.45, 7) is 1.90. The van der Waals surface area contributed by atoms with Crippen LogP contribution in [-0.2, 0) is 0 Å². The van der Waals surface area contributed by atoms with Gasteiger partial charge in [-0.1, -0.05) is 0 Å². The molecule has 0 radical (unpaired) electrons. The van der Waals surface area contributed by atoms with Gasteiger partial charge in [0.25, 0.3) is 0 Å². The highest BCUT2D eigenvalue weighted by Crippen LogP contribution is 2.28. The Morgan fingerprint density at radius 1 is 1.14 bits per heavy atom. The number of carbonyl (C=O) groups excluding carboxylic acids is 1. The number of hydrogen-bond acceptors (Lipinski definition) is 4. The molecular weight excluding hydrogens is 282 g/mol. The molecule has 0 aliphatic heterocycles. The molecule has 1 heterocycles. The van der Waals surface area contributed by atoms with Gasteiger partial charge in [-0.25, -0.2) is 4.79 Å². The second-order valence-corrected chi connectivity index (χ2v) is 4.67. The molecule has 22 heavy (non-hydrogen) atoms. The number of anilines is 1. The first kappa shape index (κ1) is 15.6. The first-order valence-electron chi connectivity index (χ1n) is 6.83. The minimum absolute atomic E-state index is 0.139. The Hall–Kier alpha value is -2.76. The summed E-state index contributed by atoms with van der Waals surface area (Å²) in [5, 5.41) is 5.63. The van der Waals surface area contributed by atoms with Crippen molar-refractivity contribution in [2.75, 3.05) is 19.5 Å². The fraction of sp³-hybridized carbons (Fsp3) is 0.250. The average molecular weight is 301 g/mol. The van der Waals surface area contributed by atoms with Crippen LogP contribution in [0, 0.1) is 0 Å². The van der Waals surface area contributed by atoms with Crippen LogP contribution >= 0.6 is 0 Å². The molecule has 6 nitrogen and oxygen atoms in total. The Bertz CT molecular complexity index is 632. The highest BCUT2D eigenvalue weighted by Gasteiger charge is 2.12. The van der Waals surface area contributed by atoms with Crippen molar-refractivity contribution in [3.05, 3.63) is 48.3 Å². The monoisotopic (exact) mass is 301 g/mol. The quantitative estimate of drug-likeness (QED) is 0.890. The standard InChI is InChI=1S/C16H19N3O3/c1-11(12-6-8-17-9-7-12)18-16(20)19-14-10-13(21-2)4-5-15(14)22-3/h4-11H,1-3H3,(H2,18,19,20)/t11-/m0/s1. The molecule has 2 N–H and O–H groups in total. The Morgan fingerprint density at radius 2 is 1.86 bits per heavy atom. The van der Waals surface area contributed by atoms with E-state index < -0.39 is 0 Å². The molecular formula is C16H19N3O3. The van der Waals surface area contributed by atoms with Crippen LogP contribution in [0.2, 0.25) is 0 Å². The number of urea groups is 1. The van der Waals surface area contributed by atoms with Crippen LogP contribution in [0.3, 0.4) is 0 Å². The van der Waals surface area contributed by atoms with E-state index in [2.05, 4.69) is 15.6 Å². The van der Waals surface area contributed by atoms with Gasteiger partial charge in [0.1, 0.15) is 11.5 Å². The van der Waals surface area contributed by atoms with Gasteiger partial charge in [-0.05, 0) is 36.8 Å². The van der Waals surface area contributed by atoms with Gasteiger partial charge in [-0.15, -0.1) is 0 Å². The van der Waals surface area contributed by atoms with E-state index in [0.717, 1.165) is 5.56 Å². The van der Waals surface area contributed by atoms with Crippen LogP contribution in [-0.4, -0.2) is 25.2 Å². The Kier molecular flexibility index (Phi) is 5.19. The highest BCUT2D eigenvalue weighted by molar-refractivity contribution is 5.91. The zero-order valence-corrected chi connectivity index (χ0v) is 12.8. The third-order valence-electron chi connectivity index (χ3n) is 3.21. The molecule has 2 aromatic rings. The fourth-order valence-electron chi connectivity index (χ4n) is 2.00. The number of aromatic nitrogens is 1. The van der Waals surface area contributed by atoms with E-state index in [-0.39, 0.29) is 12.1 Å². The summed E-state index contributed by atoms with van der Waals surface area (Å²) in [6, 6.07) is 8.46. The molecule has 0 bridgehead atoms. The molecule has 1 atom stereocenters. The van der Waals surface area contributed by atoms with Crippen molar-refractivity contribution in [1.29, 1.82) is 0 Å². The normalized spacial score (nSPS) is 11.4. The minimum atomic E-state index is -0.323. The zero-order chi connectivity index (χ0) is 15.9. The summed E-state index contributed by atoms with van der Waals surface area (Å²) in [5.74, 6) is 1.20. The van der Waals surface area contributed by atoms with E-state index in [1.54, 1.807) is 44.8 Å². The van der Waals surface area contributed by atoms with Gasteiger partial charge in [-0.3, -0.25) is 4.98 Å².